The van der Waals surface area contributed by atoms with Crippen LogP contribution in [0.25, 0.3) is 0 Å². The lowest BCUT2D eigenvalue weighted by atomic mass is 9.88. The number of nitrogens with zero attached hydrogens (tertiary/aromatic N) is 4. The van der Waals surface area contributed by atoms with Gasteiger partial charge in [0.25, 0.3) is 5.91 Å². The van der Waals surface area contributed by atoms with Crippen LogP contribution in [0.1, 0.15) is 24.0 Å². The molecule has 0 spiro atoms. The summed E-state index contributed by atoms with van der Waals surface area (Å²) in [6, 6.07) is 11.7. The molecule has 136 valence electrons. The number of anilines is 1. The van der Waals surface area contributed by atoms with Crippen LogP contribution < -0.4 is 4.90 Å². The van der Waals surface area contributed by atoms with Crippen LogP contribution in [0.5, 0.6) is 0 Å². The van der Waals surface area contributed by atoms with E-state index in [0.717, 1.165) is 16.9 Å². The van der Waals surface area contributed by atoms with Gasteiger partial charge in [-0.25, -0.2) is 14.7 Å². The van der Waals surface area contributed by atoms with Gasteiger partial charge in [0.1, 0.15) is 15.8 Å². The zero-order valence-electron chi connectivity index (χ0n) is 14.2. The van der Waals surface area contributed by atoms with Gasteiger partial charge in [0.15, 0.2) is 0 Å². The number of fused-ring (bicyclic) bond motifs is 1. The van der Waals surface area contributed by atoms with Crippen molar-refractivity contribution in [2.45, 2.75) is 24.8 Å². The minimum absolute atomic E-state index is 0.117. The maximum Gasteiger partial charge on any atom is 0.332 e. The first-order valence-electron chi connectivity index (χ1n) is 8.43. The van der Waals surface area contributed by atoms with Gasteiger partial charge in [0.2, 0.25) is 0 Å². The van der Waals surface area contributed by atoms with Crippen molar-refractivity contribution in [3.63, 3.8) is 0 Å². The SMILES string of the molecule is N#Cc1ccc(CC23CCCN2C(=O)N(c2cc(Cl)nc(Cl)c2)C3=O)cc1. The predicted octanol–water partition coefficient (Wildman–Crippen LogP) is 3.80. The highest BCUT2D eigenvalue weighted by Crippen LogP contribution is 2.42. The van der Waals surface area contributed by atoms with Gasteiger partial charge in [-0.2, -0.15) is 5.26 Å². The third-order valence-electron chi connectivity index (χ3n) is 5.10. The van der Waals surface area contributed by atoms with Crippen molar-refractivity contribution < 1.29 is 9.59 Å². The molecule has 1 aromatic heterocycles. The molecule has 1 aromatic carbocycles. The van der Waals surface area contributed by atoms with Crippen molar-refractivity contribution in [3.05, 3.63) is 57.8 Å². The van der Waals surface area contributed by atoms with Crippen molar-refractivity contribution in [2.24, 2.45) is 0 Å². The minimum Gasteiger partial charge on any atom is -0.309 e. The summed E-state index contributed by atoms with van der Waals surface area (Å²) in [6.07, 6.45) is 1.74. The molecule has 4 rings (SSSR count). The molecule has 2 aromatic rings. The van der Waals surface area contributed by atoms with Crippen molar-refractivity contribution in [2.75, 3.05) is 11.4 Å². The van der Waals surface area contributed by atoms with Crippen LogP contribution >= 0.6 is 23.2 Å². The van der Waals surface area contributed by atoms with Gasteiger partial charge in [-0.05, 0) is 42.7 Å². The van der Waals surface area contributed by atoms with E-state index in [4.69, 9.17) is 28.5 Å². The summed E-state index contributed by atoms with van der Waals surface area (Å²) in [4.78, 5) is 33.0. The first kappa shape index (κ1) is 17.8. The Morgan fingerprint density at radius 1 is 1.15 bits per heavy atom. The number of hydrogen-bond donors (Lipinski definition) is 0. The van der Waals surface area contributed by atoms with Gasteiger partial charge in [-0.15, -0.1) is 0 Å². The maximum absolute atomic E-state index is 13.4. The van der Waals surface area contributed by atoms with E-state index in [9.17, 15) is 9.59 Å². The first-order valence-corrected chi connectivity index (χ1v) is 9.18. The predicted molar refractivity (Wildman–Crippen MR) is 101 cm³/mol. The van der Waals surface area contributed by atoms with E-state index in [1.54, 1.807) is 17.0 Å². The van der Waals surface area contributed by atoms with Crippen LogP contribution in [0.4, 0.5) is 10.5 Å². The molecule has 2 aliphatic heterocycles. The second kappa shape index (κ2) is 6.52. The smallest absolute Gasteiger partial charge is 0.309 e. The van der Waals surface area contributed by atoms with E-state index in [2.05, 4.69) is 11.1 Å². The summed E-state index contributed by atoms with van der Waals surface area (Å²) in [5, 5.41) is 9.19. The Morgan fingerprint density at radius 2 is 1.81 bits per heavy atom. The Kier molecular flexibility index (Phi) is 4.29. The molecule has 3 amide bonds. The summed E-state index contributed by atoms with van der Waals surface area (Å²) < 4.78 is 0. The number of amides is 3. The number of benzene rings is 1. The topological polar surface area (TPSA) is 77.3 Å². The summed E-state index contributed by atoms with van der Waals surface area (Å²) in [5.41, 5.74) is 0.849. The quantitative estimate of drug-likeness (QED) is 0.579. The fraction of sp³-hybridized carbons (Fsp3) is 0.263. The average Bonchev–Trinajstić information content (AvgIpc) is 3.13. The third-order valence-corrected chi connectivity index (χ3v) is 5.48. The van der Waals surface area contributed by atoms with Crippen molar-refractivity contribution in [1.82, 2.24) is 9.88 Å². The fourth-order valence-corrected chi connectivity index (χ4v) is 4.35. The molecule has 0 aliphatic carbocycles. The Hall–Kier alpha value is -2.62. The van der Waals surface area contributed by atoms with E-state index in [1.807, 2.05) is 12.1 Å². The Morgan fingerprint density at radius 3 is 2.44 bits per heavy atom. The summed E-state index contributed by atoms with van der Waals surface area (Å²) >= 11 is 11.9. The monoisotopic (exact) mass is 400 g/mol. The number of pyridine rings is 1. The molecule has 27 heavy (non-hydrogen) atoms. The number of rotatable bonds is 3. The van der Waals surface area contributed by atoms with E-state index >= 15 is 0 Å². The van der Waals surface area contributed by atoms with E-state index < -0.39 is 5.54 Å². The van der Waals surface area contributed by atoms with Gasteiger partial charge in [-0.1, -0.05) is 35.3 Å². The lowest BCUT2D eigenvalue weighted by Crippen LogP contribution is -2.47. The maximum atomic E-state index is 13.4. The molecule has 6 nitrogen and oxygen atoms in total. The first-order chi connectivity index (χ1) is 12.9. The van der Waals surface area contributed by atoms with E-state index in [-0.39, 0.29) is 22.2 Å². The largest absolute Gasteiger partial charge is 0.332 e. The highest BCUT2D eigenvalue weighted by molar-refractivity contribution is 6.33. The molecule has 0 radical (unpaired) electrons. The Bertz CT molecular complexity index is 966. The number of carbonyl (C=O) groups excluding carboxylic acids is 2. The highest BCUT2D eigenvalue weighted by atomic mass is 35.5. The van der Waals surface area contributed by atoms with Gasteiger partial charge in [0.05, 0.1) is 17.3 Å². The lowest BCUT2D eigenvalue weighted by molar-refractivity contribution is -0.123. The number of halogens is 2. The summed E-state index contributed by atoms with van der Waals surface area (Å²) in [5.74, 6) is -0.285. The van der Waals surface area contributed by atoms with Crippen molar-refractivity contribution >= 4 is 40.8 Å². The second-order valence-corrected chi connectivity index (χ2v) is 7.44. The molecule has 0 saturated carbocycles. The molecule has 0 N–H and O–H groups in total. The van der Waals surface area contributed by atoms with Gasteiger partial charge < -0.3 is 4.90 Å². The molecular formula is C19H14Cl2N4O2. The van der Waals surface area contributed by atoms with Crippen LogP contribution in [0.2, 0.25) is 10.3 Å². The van der Waals surface area contributed by atoms with Crippen LogP contribution in [0, 0.1) is 11.3 Å². The van der Waals surface area contributed by atoms with Crippen LogP contribution in [0.3, 0.4) is 0 Å². The van der Waals surface area contributed by atoms with E-state index in [1.165, 1.54) is 12.1 Å². The molecule has 0 bridgehead atoms. The van der Waals surface area contributed by atoms with Crippen LogP contribution in [-0.4, -0.2) is 33.9 Å². The fourth-order valence-electron chi connectivity index (χ4n) is 3.90. The number of urea groups is 1. The molecule has 1 unspecified atom stereocenters. The normalized spacial score (nSPS) is 21.5. The number of carbonyl (C=O) groups is 2. The highest BCUT2D eigenvalue weighted by Gasteiger charge is 2.59. The number of imide groups is 1. The standard InChI is InChI=1S/C19H14Cl2N4O2/c20-15-8-14(9-16(21)23-15)25-17(26)19(6-1-7-24(19)18(25)27)10-12-2-4-13(11-22)5-3-12/h2-5,8-9H,1,6-7,10H2. The number of aromatic nitrogens is 1. The molecule has 3 heterocycles. The summed E-state index contributed by atoms with van der Waals surface area (Å²) in [7, 11) is 0. The van der Waals surface area contributed by atoms with Crippen LogP contribution in [0.15, 0.2) is 36.4 Å². The molecule has 1 atom stereocenters. The van der Waals surface area contributed by atoms with Crippen molar-refractivity contribution in [1.29, 1.82) is 5.26 Å². The number of hydrogen-bond acceptors (Lipinski definition) is 4. The average molecular weight is 401 g/mol. The van der Waals surface area contributed by atoms with Gasteiger partial charge in [-0.3, -0.25) is 4.79 Å². The molecule has 2 saturated heterocycles. The van der Waals surface area contributed by atoms with Crippen molar-refractivity contribution in [3.8, 4) is 6.07 Å². The Labute approximate surface area is 165 Å². The minimum atomic E-state index is -0.923. The number of nitriles is 1. The third kappa shape index (κ3) is 2.84. The molecular weight excluding hydrogens is 387 g/mol. The van der Waals surface area contributed by atoms with Gasteiger partial charge in [0, 0.05) is 13.0 Å². The second-order valence-electron chi connectivity index (χ2n) is 6.67. The van der Waals surface area contributed by atoms with E-state index in [0.29, 0.717) is 30.6 Å². The van der Waals surface area contributed by atoms with Gasteiger partial charge >= 0.3 is 6.03 Å². The molecule has 8 heteroatoms. The molecule has 2 aliphatic rings. The van der Waals surface area contributed by atoms with Crippen LogP contribution in [-0.2, 0) is 11.2 Å². The Balaban J connectivity index is 1.72. The zero-order chi connectivity index (χ0) is 19.2. The summed E-state index contributed by atoms with van der Waals surface area (Å²) in [6.45, 7) is 0.518. The zero-order valence-corrected chi connectivity index (χ0v) is 15.7. The lowest BCUT2D eigenvalue weighted by Gasteiger charge is -2.28. The molecule has 2 fully saturated rings.